The van der Waals surface area contributed by atoms with E-state index in [-0.39, 0.29) is 11.7 Å². The molecular formula is C27H45NO3. The van der Waals surface area contributed by atoms with Crippen LogP contribution < -0.4 is 14.8 Å². The van der Waals surface area contributed by atoms with Gasteiger partial charge in [-0.2, -0.15) is 0 Å². The third kappa shape index (κ3) is 10.7. The van der Waals surface area contributed by atoms with E-state index in [4.69, 9.17) is 9.47 Å². The zero-order valence-corrected chi connectivity index (χ0v) is 20.9. The van der Waals surface area contributed by atoms with E-state index < -0.39 is 0 Å². The van der Waals surface area contributed by atoms with Gasteiger partial charge in [-0.15, -0.1) is 6.58 Å². The molecule has 2 rings (SSSR count). The first-order valence-electron chi connectivity index (χ1n) is 11.6. The highest BCUT2D eigenvalue weighted by Gasteiger charge is 2.32. The molecule has 1 N–H and O–H groups in total. The molecule has 0 saturated heterocycles. The van der Waals surface area contributed by atoms with Crippen molar-refractivity contribution in [1.82, 2.24) is 5.32 Å². The minimum Gasteiger partial charge on any atom is -0.493 e. The topological polar surface area (TPSA) is 47.6 Å². The lowest BCUT2D eigenvalue weighted by Crippen LogP contribution is -2.13. The van der Waals surface area contributed by atoms with Crippen molar-refractivity contribution in [2.24, 2.45) is 11.8 Å². The van der Waals surface area contributed by atoms with Crippen molar-refractivity contribution < 1.29 is 14.3 Å². The van der Waals surface area contributed by atoms with Crippen LogP contribution in [0.4, 0.5) is 0 Å². The highest BCUT2D eigenvalue weighted by Crippen LogP contribution is 2.38. The minimum atomic E-state index is 0.128. The number of ketones is 1. The highest BCUT2D eigenvalue weighted by atomic mass is 16.5. The van der Waals surface area contributed by atoms with Crippen LogP contribution in [0.2, 0.25) is 0 Å². The average molecular weight is 432 g/mol. The molecule has 4 heteroatoms. The Kier molecular flexibility index (Phi) is 16.4. The van der Waals surface area contributed by atoms with Crippen LogP contribution in [0.3, 0.4) is 0 Å². The molecule has 0 aromatic heterocycles. The maximum Gasteiger partial charge on any atom is 0.166 e. The minimum absolute atomic E-state index is 0.128. The molecule has 1 aromatic rings. The monoisotopic (exact) mass is 431 g/mol. The molecule has 0 heterocycles. The number of fused-ring (bicyclic) bond motifs is 1. The number of carbonyl (C=O) groups is 1. The van der Waals surface area contributed by atoms with Crippen molar-refractivity contribution in [3.8, 4) is 11.5 Å². The van der Waals surface area contributed by atoms with Gasteiger partial charge in [0.25, 0.3) is 0 Å². The number of hydrogen-bond donors (Lipinski definition) is 1. The Morgan fingerprint density at radius 3 is 2.29 bits per heavy atom. The fourth-order valence-corrected chi connectivity index (χ4v) is 3.66. The number of methoxy groups -OCH3 is 2. The summed E-state index contributed by atoms with van der Waals surface area (Å²) in [6.45, 7) is 16.0. The van der Waals surface area contributed by atoms with Crippen LogP contribution in [-0.2, 0) is 6.42 Å². The molecule has 1 aliphatic carbocycles. The largest absolute Gasteiger partial charge is 0.493 e. The van der Waals surface area contributed by atoms with Gasteiger partial charge in [0.05, 0.1) is 14.2 Å². The molecule has 1 aromatic carbocycles. The van der Waals surface area contributed by atoms with Crippen LogP contribution in [0.25, 0.3) is 0 Å². The fraction of sp³-hybridized carbons (Fsp3) is 0.593. The van der Waals surface area contributed by atoms with E-state index in [1.807, 2.05) is 19.1 Å². The maximum absolute atomic E-state index is 12.5. The van der Waals surface area contributed by atoms with Crippen molar-refractivity contribution in [3.05, 3.63) is 48.1 Å². The Morgan fingerprint density at radius 2 is 1.77 bits per heavy atom. The van der Waals surface area contributed by atoms with Crippen molar-refractivity contribution >= 4 is 5.78 Å². The summed E-state index contributed by atoms with van der Waals surface area (Å²) in [5.41, 5.74) is 1.91. The number of benzene rings is 1. The molecule has 0 spiro atoms. The summed E-state index contributed by atoms with van der Waals surface area (Å²) in [6, 6.07) is 3.79. The van der Waals surface area contributed by atoms with E-state index in [1.54, 1.807) is 20.3 Å². The van der Waals surface area contributed by atoms with E-state index in [0.29, 0.717) is 17.4 Å². The van der Waals surface area contributed by atoms with Crippen LogP contribution in [0.5, 0.6) is 11.5 Å². The van der Waals surface area contributed by atoms with Crippen molar-refractivity contribution in [2.75, 3.05) is 27.3 Å². The average Bonchev–Trinajstić information content (AvgIpc) is 3.05. The summed E-state index contributed by atoms with van der Waals surface area (Å²) in [6.07, 6.45) is 11.4. The molecule has 176 valence electrons. The Morgan fingerprint density at radius 1 is 1.16 bits per heavy atom. The molecule has 31 heavy (non-hydrogen) atoms. The summed E-state index contributed by atoms with van der Waals surface area (Å²) >= 11 is 0. The van der Waals surface area contributed by atoms with Gasteiger partial charge in [0, 0.05) is 18.0 Å². The van der Waals surface area contributed by atoms with Gasteiger partial charge in [0.15, 0.2) is 17.3 Å². The molecule has 1 aliphatic rings. The van der Waals surface area contributed by atoms with Crippen LogP contribution >= 0.6 is 0 Å². The summed E-state index contributed by atoms with van der Waals surface area (Å²) < 4.78 is 10.6. The third-order valence-corrected chi connectivity index (χ3v) is 5.09. The first-order chi connectivity index (χ1) is 14.9. The molecule has 4 nitrogen and oxygen atoms in total. The van der Waals surface area contributed by atoms with Gasteiger partial charge in [0.1, 0.15) is 0 Å². The number of ether oxygens (including phenoxy) is 2. The number of rotatable bonds is 10. The third-order valence-electron chi connectivity index (χ3n) is 5.09. The fourth-order valence-electron chi connectivity index (χ4n) is 3.66. The van der Waals surface area contributed by atoms with Gasteiger partial charge in [-0.25, -0.2) is 0 Å². The summed E-state index contributed by atoms with van der Waals surface area (Å²) in [7, 11) is 3.23. The van der Waals surface area contributed by atoms with Crippen LogP contribution in [0, 0.1) is 11.8 Å². The van der Waals surface area contributed by atoms with E-state index in [2.05, 4.69) is 51.7 Å². The van der Waals surface area contributed by atoms with Crippen molar-refractivity contribution in [3.63, 3.8) is 0 Å². The molecule has 0 aliphatic heterocycles. The quantitative estimate of drug-likeness (QED) is 0.333. The van der Waals surface area contributed by atoms with Crippen LogP contribution in [0.1, 0.15) is 76.2 Å². The van der Waals surface area contributed by atoms with Gasteiger partial charge in [-0.1, -0.05) is 58.8 Å². The zero-order chi connectivity index (χ0) is 23.6. The molecule has 0 saturated carbocycles. The number of Topliss-reactive ketones (excluding diaryl/α,β-unsaturated/α-hetero) is 1. The molecule has 0 fully saturated rings. The van der Waals surface area contributed by atoms with E-state index >= 15 is 0 Å². The highest BCUT2D eigenvalue weighted by molar-refractivity contribution is 6.02. The van der Waals surface area contributed by atoms with E-state index in [9.17, 15) is 4.79 Å². The lowest BCUT2D eigenvalue weighted by atomic mass is 9.90. The second-order valence-corrected chi connectivity index (χ2v) is 7.85. The standard InChI is InChI=1S/C17H24O3.C7H15N.C3H6/c1-5-6-11(2)7-13-8-12-9-15(19-3)16(20-4)10-14(12)17(13)18;1-3-5-6-7-8-4-2;1-3-2/h9-11,13H,5-8H2,1-4H3;5-6,8H,3-4,7H2,1-2H3;3H,1H2,2H3/b;6-5+;. The smallest absolute Gasteiger partial charge is 0.166 e. The van der Waals surface area contributed by atoms with Gasteiger partial charge in [-0.3, -0.25) is 4.79 Å². The van der Waals surface area contributed by atoms with Crippen molar-refractivity contribution in [1.29, 1.82) is 0 Å². The molecular weight excluding hydrogens is 386 g/mol. The normalized spacial score (nSPS) is 15.3. The molecule has 2 atom stereocenters. The Balaban J connectivity index is 0.000000685. The zero-order valence-electron chi connectivity index (χ0n) is 20.9. The number of nitrogens with one attached hydrogen (secondary N) is 1. The van der Waals surface area contributed by atoms with Gasteiger partial charge < -0.3 is 14.8 Å². The Bertz CT molecular complexity index is 667. The van der Waals surface area contributed by atoms with Gasteiger partial charge in [0.2, 0.25) is 0 Å². The van der Waals surface area contributed by atoms with E-state index in [0.717, 1.165) is 43.5 Å². The predicted octanol–water partition coefficient (Wildman–Crippen LogP) is 6.64. The lowest BCUT2D eigenvalue weighted by molar-refractivity contribution is 0.0919. The second-order valence-electron chi connectivity index (χ2n) is 7.85. The number of carbonyl (C=O) groups excluding carboxylic acids is 1. The lowest BCUT2D eigenvalue weighted by Gasteiger charge is -2.14. The second kappa shape index (κ2) is 17.6. The molecule has 0 bridgehead atoms. The first kappa shape index (κ1) is 28.9. The summed E-state index contributed by atoms with van der Waals surface area (Å²) in [5, 5.41) is 3.20. The van der Waals surface area contributed by atoms with Gasteiger partial charge >= 0.3 is 0 Å². The molecule has 2 unspecified atom stereocenters. The SMILES string of the molecule is C=CC.CC/C=C/CNCC.CCCC(C)CC1Cc2cc(OC)c(OC)cc2C1=O. The maximum atomic E-state index is 12.5. The summed E-state index contributed by atoms with van der Waals surface area (Å²) in [4.78, 5) is 12.5. The molecule has 0 radical (unpaired) electrons. The summed E-state index contributed by atoms with van der Waals surface area (Å²) in [5.74, 6) is 2.35. The molecule has 0 amide bonds. The van der Waals surface area contributed by atoms with E-state index in [1.165, 1.54) is 12.8 Å². The first-order valence-corrected chi connectivity index (χ1v) is 11.6. The van der Waals surface area contributed by atoms with Crippen molar-refractivity contribution in [2.45, 2.75) is 66.7 Å². The Hall–Kier alpha value is -2.07. The predicted molar refractivity (Wildman–Crippen MR) is 134 cm³/mol. The number of allylic oxidation sites excluding steroid dienone is 2. The number of likely N-dealkylation sites (N-methyl/N-ethyl adjacent to an activating group) is 1. The Labute approximate surface area is 191 Å². The van der Waals surface area contributed by atoms with Gasteiger partial charge in [-0.05, 0) is 56.3 Å². The van der Waals surface area contributed by atoms with Crippen LogP contribution in [0.15, 0.2) is 36.9 Å². The number of hydrogen-bond acceptors (Lipinski definition) is 4. The van der Waals surface area contributed by atoms with Crippen LogP contribution in [-0.4, -0.2) is 33.1 Å².